The third kappa shape index (κ3) is 3.39. The van der Waals surface area contributed by atoms with Crippen LogP contribution in [0.4, 0.5) is 0 Å². The number of likely N-dealkylation sites (tertiary alicyclic amines) is 1. The second kappa shape index (κ2) is 6.88. The fourth-order valence-electron chi connectivity index (χ4n) is 3.35. The van der Waals surface area contributed by atoms with Crippen LogP contribution in [0.15, 0.2) is 29.7 Å². The monoisotopic (exact) mass is 356 g/mol. The van der Waals surface area contributed by atoms with E-state index in [0.29, 0.717) is 13.2 Å². The molecule has 0 N–H and O–H groups in total. The summed E-state index contributed by atoms with van der Waals surface area (Å²) in [6.07, 6.45) is 5.40. The fraction of sp³-hybridized carbons (Fsp3) is 0.368. The zero-order chi connectivity index (χ0) is 17.2. The van der Waals surface area contributed by atoms with Gasteiger partial charge in [-0.05, 0) is 43.5 Å². The molecule has 4 rings (SSSR count). The molecule has 2 aliphatic rings. The number of ether oxygens (including phenoxy) is 2. The van der Waals surface area contributed by atoms with E-state index in [-0.39, 0.29) is 11.9 Å². The van der Waals surface area contributed by atoms with E-state index < -0.39 is 0 Å². The summed E-state index contributed by atoms with van der Waals surface area (Å²) in [5, 5.41) is 2.96. The molecule has 0 aliphatic carbocycles. The van der Waals surface area contributed by atoms with E-state index in [1.807, 2.05) is 35.4 Å². The van der Waals surface area contributed by atoms with E-state index in [1.54, 1.807) is 23.5 Å². The van der Waals surface area contributed by atoms with Gasteiger partial charge in [0.15, 0.2) is 11.5 Å². The summed E-state index contributed by atoms with van der Waals surface area (Å²) in [5.41, 5.74) is 1.94. The average Bonchev–Trinajstić information content (AvgIpc) is 3.28. The molecule has 130 valence electrons. The van der Waals surface area contributed by atoms with Crippen LogP contribution in [0.3, 0.4) is 0 Å². The Morgan fingerprint density at radius 1 is 1.32 bits per heavy atom. The van der Waals surface area contributed by atoms with E-state index in [4.69, 9.17) is 9.47 Å². The molecular formula is C19H20N2O3S. The molecule has 1 saturated heterocycles. The topological polar surface area (TPSA) is 51.7 Å². The van der Waals surface area contributed by atoms with E-state index in [1.165, 1.54) is 0 Å². The third-order valence-corrected chi connectivity index (χ3v) is 5.31. The smallest absolute Gasteiger partial charge is 0.247 e. The zero-order valence-electron chi connectivity index (χ0n) is 14.1. The fourth-order valence-corrected chi connectivity index (χ4v) is 3.93. The maximum Gasteiger partial charge on any atom is 0.247 e. The number of aryl methyl sites for hydroxylation is 1. The van der Waals surface area contributed by atoms with Gasteiger partial charge in [0.25, 0.3) is 0 Å². The summed E-state index contributed by atoms with van der Waals surface area (Å²) >= 11 is 1.59. The minimum absolute atomic E-state index is 0.0306. The minimum Gasteiger partial charge on any atom is -0.486 e. The van der Waals surface area contributed by atoms with Crippen LogP contribution in [0.25, 0.3) is 6.08 Å². The van der Waals surface area contributed by atoms with Crippen molar-refractivity contribution in [3.63, 3.8) is 0 Å². The molecular weight excluding hydrogens is 336 g/mol. The van der Waals surface area contributed by atoms with Crippen LogP contribution in [0, 0.1) is 6.92 Å². The van der Waals surface area contributed by atoms with Gasteiger partial charge in [-0.25, -0.2) is 4.98 Å². The van der Waals surface area contributed by atoms with Crippen molar-refractivity contribution in [2.45, 2.75) is 25.8 Å². The number of carbonyl (C=O) groups is 1. The highest BCUT2D eigenvalue weighted by atomic mass is 32.1. The van der Waals surface area contributed by atoms with Crippen molar-refractivity contribution in [3.8, 4) is 11.5 Å². The second-order valence-electron chi connectivity index (χ2n) is 6.22. The van der Waals surface area contributed by atoms with Gasteiger partial charge < -0.3 is 14.4 Å². The van der Waals surface area contributed by atoms with Crippen molar-refractivity contribution in [2.75, 3.05) is 19.8 Å². The third-order valence-electron chi connectivity index (χ3n) is 4.52. The molecule has 1 unspecified atom stereocenters. The van der Waals surface area contributed by atoms with Crippen molar-refractivity contribution in [2.24, 2.45) is 0 Å². The number of amides is 1. The highest BCUT2D eigenvalue weighted by Gasteiger charge is 2.29. The molecule has 2 aliphatic heterocycles. The first-order chi connectivity index (χ1) is 12.2. The van der Waals surface area contributed by atoms with Gasteiger partial charge in [-0.3, -0.25) is 4.79 Å². The lowest BCUT2D eigenvalue weighted by molar-refractivity contribution is -0.126. The first-order valence-electron chi connectivity index (χ1n) is 8.51. The van der Waals surface area contributed by atoms with Crippen LogP contribution in [0.1, 0.15) is 35.1 Å². The lowest BCUT2D eigenvalue weighted by Crippen LogP contribution is -2.29. The Hall–Kier alpha value is -2.34. The summed E-state index contributed by atoms with van der Waals surface area (Å²) in [6.45, 7) is 3.89. The van der Waals surface area contributed by atoms with Crippen LogP contribution < -0.4 is 9.47 Å². The van der Waals surface area contributed by atoms with Gasteiger partial charge in [-0.15, -0.1) is 11.3 Å². The van der Waals surface area contributed by atoms with E-state index in [2.05, 4.69) is 4.98 Å². The molecule has 1 aromatic heterocycles. The van der Waals surface area contributed by atoms with Gasteiger partial charge in [-0.2, -0.15) is 0 Å². The van der Waals surface area contributed by atoms with Crippen LogP contribution >= 0.6 is 11.3 Å². The predicted octanol–water partition coefficient (Wildman–Crippen LogP) is 3.60. The second-order valence-corrected chi connectivity index (χ2v) is 7.28. The summed E-state index contributed by atoms with van der Waals surface area (Å²) < 4.78 is 11.3. The van der Waals surface area contributed by atoms with Crippen molar-refractivity contribution in [3.05, 3.63) is 45.9 Å². The average molecular weight is 356 g/mol. The number of aromatic nitrogens is 1. The molecule has 3 heterocycles. The maximum atomic E-state index is 12.7. The summed E-state index contributed by atoms with van der Waals surface area (Å²) in [5.74, 6) is 1.59. The molecule has 5 nitrogen and oxygen atoms in total. The molecule has 6 heteroatoms. The van der Waals surface area contributed by atoms with E-state index in [9.17, 15) is 4.79 Å². The Balaban J connectivity index is 1.52. The molecule has 2 aromatic rings. The number of fused-ring (bicyclic) bond motifs is 1. The highest BCUT2D eigenvalue weighted by Crippen LogP contribution is 2.38. The molecule has 1 atom stereocenters. The normalized spacial score (nSPS) is 19.6. The molecule has 25 heavy (non-hydrogen) atoms. The number of benzene rings is 1. The first-order valence-corrected chi connectivity index (χ1v) is 9.39. The van der Waals surface area contributed by atoms with Crippen LogP contribution in [-0.2, 0) is 4.79 Å². The molecule has 0 bridgehead atoms. The zero-order valence-corrected chi connectivity index (χ0v) is 14.9. The lowest BCUT2D eigenvalue weighted by Gasteiger charge is -2.26. The van der Waals surface area contributed by atoms with Gasteiger partial charge >= 0.3 is 0 Å². The lowest BCUT2D eigenvalue weighted by atomic mass is 10.0. The number of hydrogen-bond acceptors (Lipinski definition) is 5. The number of hydrogen-bond donors (Lipinski definition) is 0. The van der Waals surface area contributed by atoms with Gasteiger partial charge in [0.1, 0.15) is 13.2 Å². The Labute approximate surface area is 150 Å². The van der Waals surface area contributed by atoms with E-state index >= 15 is 0 Å². The van der Waals surface area contributed by atoms with Crippen molar-refractivity contribution < 1.29 is 14.3 Å². The standard InChI is InChI=1S/C19H20N2O3S/c1-13-20-15(12-25-13)5-7-19(22)21-8-2-3-16(21)14-4-6-17-18(11-14)24-10-9-23-17/h4-7,11-12,16H,2-3,8-10H2,1H3/b7-5+. The Morgan fingerprint density at radius 3 is 2.96 bits per heavy atom. The molecule has 1 aromatic carbocycles. The summed E-state index contributed by atoms with van der Waals surface area (Å²) in [4.78, 5) is 19.0. The van der Waals surface area contributed by atoms with Crippen LogP contribution in [0.2, 0.25) is 0 Å². The number of thiazole rings is 1. The van der Waals surface area contributed by atoms with Crippen molar-refractivity contribution in [1.29, 1.82) is 0 Å². The van der Waals surface area contributed by atoms with Gasteiger partial charge in [-0.1, -0.05) is 6.07 Å². The van der Waals surface area contributed by atoms with Gasteiger partial charge in [0.05, 0.1) is 16.7 Å². The van der Waals surface area contributed by atoms with Crippen LogP contribution in [0.5, 0.6) is 11.5 Å². The molecule has 0 spiro atoms. The maximum absolute atomic E-state index is 12.7. The predicted molar refractivity (Wildman–Crippen MR) is 97.0 cm³/mol. The minimum atomic E-state index is 0.0306. The highest BCUT2D eigenvalue weighted by molar-refractivity contribution is 7.09. The van der Waals surface area contributed by atoms with Crippen molar-refractivity contribution in [1.82, 2.24) is 9.88 Å². The van der Waals surface area contributed by atoms with Crippen LogP contribution in [-0.4, -0.2) is 35.5 Å². The summed E-state index contributed by atoms with van der Waals surface area (Å²) in [7, 11) is 0. The Kier molecular flexibility index (Phi) is 4.44. The van der Waals surface area contributed by atoms with Gasteiger partial charge in [0, 0.05) is 18.0 Å². The SMILES string of the molecule is Cc1nc(/C=C/C(=O)N2CCCC2c2ccc3c(c2)OCCO3)cs1. The molecule has 1 amide bonds. The van der Waals surface area contributed by atoms with E-state index in [0.717, 1.165) is 47.2 Å². The van der Waals surface area contributed by atoms with Crippen molar-refractivity contribution >= 4 is 23.3 Å². The number of rotatable bonds is 3. The quantitative estimate of drug-likeness (QED) is 0.789. The number of nitrogens with zero attached hydrogens (tertiary/aromatic N) is 2. The Bertz CT molecular complexity index is 815. The summed E-state index contributed by atoms with van der Waals surface area (Å²) in [6, 6.07) is 6.08. The Morgan fingerprint density at radius 2 is 2.16 bits per heavy atom. The molecule has 1 fully saturated rings. The molecule has 0 radical (unpaired) electrons. The van der Waals surface area contributed by atoms with Gasteiger partial charge in [0.2, 0.25) is 5.91 Å². The first kappa shape index (κ1) is 16.1. The molecule has 0 saturated carbocycles. The number of carbonyl (C=O) groups excluding carboxylic acids is 1. The largest absolute Gasteiger partial charge is 0.486 e.